The lowest BCUT2D eigenvalue weighted by atomic mass is 9.99. The van der Waals surface area contributed by atoms with Crippen LogP contribution in [0.4, 0.5) is 5.82 Å². The summed E-state index contributed by atoms with van der Waals surface area (Å²) in [6.45, 7) is 2.39. The van der Waals surface area contributed by atoms with Crippen LogP contribution in [0.2, 0.25) is 5.02 Å². The standard InChI is InChI=1S/C30H29ClN4O3S/c1-3-17-32-25(36)18-34-26(37)19-39-29(21-13-7-10-16-24(21)38-2)27-28(20-11-5-4-6-12-20)33-35(30(27)34)23-15-9-8-14-22(23)31/h4-16,29H,3,17-19H2,1-2H3,(H,32,36). The van der Waals surface area contributed by atoms with Crippen LogP contribution < -0.4 is 15.0 Å². The first kappa shape index (κ1) is 26.8. The predicted molar refractivity (Wildman–Crippen MR) is 157 cm³/mol. The monoisotopic (exact) mass is 560 g/mol. The van der Waals surface area contributed by atoms with E-state index >= 15 is 0 Å². The van der Waals surface area contributed by atoms with Gasteiger partial charge in [-0.3, -0.25) is 14.5 Å². The van der Waals surface area contributed by atoms with Crippen molar-refractivity contribution < 1.29 is 14.3 Å². The molecule has 1 aliphatic rings. The molecular formula is C30H29ClN4O3S. The Balaban J connectivity index is 1.82. The minimum Gasteiger partial charge on any atom is -0.496 e. The Morgan fingerprint density at radius 1 is 1.08 bits per heavy atom. The van der Waals surface area contributed by atoms with E-state index in [1.807, 2.05) is 79.7 Å². The van der Waals surface area contributed by atoms with E-state index in [-0.39, 0.29) is 29.4 Å². The van der Waals surface area contributed by atoms with Gasteiger partial charge in [0.1, 0.15) is 18.1 Å². The number of rotatable bonds is 8. The second-order valence-electron chi connectivity index (χ2n) is 9.08. The van der Waals surface area contributed by atoms with Crippen LogP contribution in [0.3, 0.4) is 0 Å². The highest BCUT2D eigenvalue weighted by Crippen LogP contribution is 2.50. The van der Waals surface area contributed by atoms with Crippen molar-refractivity contribution in [3.63, 3.8) is 0 Å². The van der Waals surface area contributed by atoms with Crippen LogP contribution in [-0.2, 0) is 9.59 Å². The number of para-hydroxylation sites is 2. The molecule has 1 N–H and O–H groups in total. The zero-order valence-electron chi connectivity index (χ0n) is 21.8. The van der Waals surface area contributed by atoms with E-state index in [1.54, 1.807) is 22.8 Å². The molecule has 1 aromatic heterocycles. The van der Waals surface area contributed by atoms with Crippen molar-refractivity contribution in [3.05, 3.63) is 95.0 Å². The van der Waals surface area contributed by atoms with Crippen molar-refractivity contribution in [3.8, 4) is 22.7 Å². The molecule has 0 bridgehead atoms. The minimum atomic E-state index is -0.296. The molecule has 0 fully saturated rings. The van der Waals surface area contributed by atoms with Gasteiger partial charge < -0.3 is 10.1 Å². The maximum Gasteiger partial charge on any atom is 0.240 e. The predicted octanol–water partition coefficient (Wildman–Crippen LogP) is 5.90. The molecule has 2 heterocycles. The number of thioether (sulfide) groups is 1. The molecule has 0 saturated heterocycles. The number of aromatic nitrogens is 2. The summed E-state index contributed by atoms with van der Waals surface area (Å²) in [5.41, 5.74) is 3.97. The molecule has 5 rings (SSSR count). The van der Waals surface area contributed by atoms with Gasteiger partial charge in [-0.15, -0.1) is 11.8 Å². The number of ether oxygens (including phenoxy) is 1. The van der Waals surface area contributed by atoms with E-state index in [1.165, 1.54) is 11.8 Å². The molecule has 200 valence electrons. The number of carbonyl (C=O) groups excluding carboxylic acids is 2. The molecule has 4 aromatic rings. The van der Waals surface area contributed by atoms with E-state index in [9.17, 15) is 9.59 Å². The van der Waals surface area contributed by atoms with Crippen LogP contribution in [0, 0.1) is 0 Å². The molecule has 0 spiro atoms. The number of fused-ring (bicyclic) bond motifs is 1. The summed E-state index contributed by atoms with van der Waals surface area (Å²) in [4.78, 5) is 28.3. The van der Waals surface area contributed by atoms with Gasteiger partial charge in [0.15, 0.2) is 0 Å². The number of hydrogen-bond donors (Lipinski definition) is 1. The summed E-state index contributed by atoms with van der Waals surface area (Å²) < 4.78 is 7.46. The Bertz CT molecular complexity index is 1490. The number of nitrogens with zero attached hydrogens (tertiary/aromatic N) is 3. The minimum absolute atomic E-state index is 0.130. The van der Waals surface area contributed by atoms with Gasteiger partial charge in [-0.2, -0.15) is 5.10 Å². The molecule has 0 saturated carbocycles. The zero-order chi connectivity index (χ0) is 27.4. The second kappa shape index (κ2) is 12.0. The van der Waals surface area contributed by atoms with Crippen molar-refractivity contribution in [1.29, 1.82) is 0 Å². The molecule has 39 heavy (non-hydrogen) atoms. The van der Waals surface area contributed by atoms with E-state index in [0.717, 1.165) is 23.1 Å². The van der Waals surface area contributed by atoms with Gasteiger partial charge in [0.2, 0.25) is 11.8 Å². The Hall–Kier alpha value is -3.75. The van der Waals surface area contributed by atoms with E-state index in [0.29, 0.717) is 34.5 Å². The molecule has 3 aromatic carbocycles. The molecule has 1 unspecified atom stereocenters. The van der Waals surface area contributed by atoms with Gasteiger partial charge in [0.25, 0.3) is 0 Å². The second-order valence-corrected chi connectivity index (χ2v) is 10.6. The third kappa shape index (κ3) is 5.40. The number of anilines is 1. The average molecular weight is 561 g/mol. The SMILES string of the molecule is CCCNC(=O)CN1C(=O)CSC(c2ccccc2OC)c2c(-c3ccccc3)nn(-c3ccccc3Cl)c21. The highest BCUT2D eigenvalue weighted by molar-refractivity contribution is 8.00. The van der Waals surface area contributed by atoms with Crippen LogP contribution >= 0.6 is 23.4 Å². The van der Waals surface area contributed by atoms with Gasteiger partial charge >= 0.3 is 0 Å². The number of carbonyl (C=O) groups is 2. The number of hydrogen-bond acceptors (Lipinski definition) is 5. The lowest BCUT2D eigenvalue weighted by Crippen LogP contribution is -2.42. The topological polar surface area (TPSA) is 76.5 Å². The molecule has 2 amide bonds. The van der Waals surface area contributed by atoms with Crippen molar-refractivity contribution in [2.45, 2.75) is 18.6 Å². The quantitative estimate of drug-likeness (QED) is 0.290. The lowest BCUT2D eigenvalue weighted by molar-refractivity contribution is -0.122. The van der Waals surface area contributed by atoms with Crippen molar-refractivity contribution >= 4 is 41.0 Å². The third-order valence-corrected chi connectivity index (χ3v) is 8.07. The van der Waals surface area contributed by atoms with Gasteiger partial charge in [-0.1, -0.05) is 79.2 Å². The first-order chi connectivity index (χ1) is 19.0. The molecular weight excluding hydrogens is 532 g/mol. The number of methoxy groups -OCH3 is 1. The van der Waals surface area contributed by atoms with Crippen LogP contribution in [0.15, 0.2) is 78.9 Å². The Kier molecular flexibility index (Phi) is 8.24. The van der Waals surface area contributed by atoms with Crippen molar-refractivity contribution in [1.82, 2.24) is 15.1 Å². The Labute approximate surface area is 237 Å². The lowest BCUT2D eigenvalue weighted by Gasteiger charge is -2.23. The maximum absolute atomic E-state index is 13.8. The molecule has 9 heteroatoms. The Morgan fingerprint density at radius 2 is 1.79 bits per heavy atom. The van der Waals surface area contributed by atoms with Crippen molar-refractivity contribution in [2.24, 2.45) is 0 Å². The van der Waals surface area contributed by atoms with Crippen LogP contribution in [0.1, 0.15) is 29.7 Å². The average Bonchev–Trinajstić information content (AvgIpc) is 3.29. The summed E-state index contributed by atoms with van der Waals surface area (Å²) in [6.07, 6.45) is 0.798. The fourth-order valence-electron chi connectivity index (χ4n) is 4.71. The number of halogens is 1. The van der Waals surface area contributed by atoms with Crippen LogP contribution in [0.5, 0.6) is 5.75 Å². The normalized spacial score (nSPS) is 15.0. The van der Waals surface area contributed by atoms with E-state index < -0.39 is 0 Å². The Morgan fingerprint density at radius 3 is 2.54 bits per heavy atom. The fourth-order valence-corrected chi connectivity index (χ4v) is 6.15. The van der Waals surface area contributed by atoms with Gasteiger partial charge in [0, 0.05) is 23.2 Å². The first-order valence-electron chi connectivity index (χ1n) is 12.8. The largest absolute Gasteiger partial charge is 0.496 e. The summed E-state index contributed by atoms with van der Waals surface area (Å²) in [5.74, 6) is 1.00. The number of amides is 2. The zero-order valence-corrected chi connectivity index (χ0v) is 23.3. The first-order valence-corrected chi connectivity index (χ1v) is 14.2. The summed E-state index contributed by atoms with van der Waals surface area (Å²) in [5, 5.41) is 8.17. The molecule has 1 aliphatic heterocycles. The van der Waals surface area contributed by atoms with Gasteiger partial charge in [-0.25, -0.2) is 4.68 Å². The highest BCUT2D eigenvalue weighted by atomic mass is 35.5. The van der Waals surface area contributed by atoms with Crippen molar-refractivity contribution in [2.75, 3.05) is 30.9 Å². The summed E-state index contributed by atoms with van der Waals surface area (Å²) in [6, 6.07) is 25.0. The summed E-state index contributed by atoms with van der Waals surface area (Å²) >= 11 is 8.19. The smallest absolute Gasteiger partial charge is 0.240 e. The van der Waals surface area contributed by atoms with E-state index in [2.05, 4.69) is 5.32 Å². The van der Waals surface area contributed by atoms with Gasteiger partial charge in [0.05, 0.1) is 34.5 Å². The fraction of sp³-hybridized carbons (Fsp3) is 0.233. The van der Waals surface area contributed by atoms with Crippen LogP contribution in [0.25, 0.3) is 16.9 Å². The maximum atomic E-state index is 13.8. The van der Waals surface area contributed by atoms with Crippen LogP contribution in [-0.4, -0.2) is 47.5 Å². The van der Waals surface area contributed by atoms with Gasteiger partial charge in [-0.05, 0) is 24.6 Å². The molecule has 7 nitrogen and oxygen atoms in total. The van der Waals surface area contributed by atoms with E-state index in [4.69, 9.17) is 21.4 Å². The highest BCUT2D eigenvalue weighted by Gasteiger charge is 2.38. The number of benzene rings is 3. The molecule has 1 atom stereocenters. The third-order valence-electron chi connectivity index (χ3n) is 6.51. The number of nitrogens with one attached hydrogen (secondary N) is 1. The molecule has 0 radical (unpaired) electrons. The summed E-state index contributed by atoms with van der Waals surface area (Å²) in [7, 11) is 1.64. The molecule has 0 aliphatic carbocycles.